The molecule has 2 aromatic carbocycles. The number of fused-ring (bicyclic) bond motifs is 6. The first kappa shape index (κ1) is 76.8. The highest BCUT2D eigenvalue weighted by Crippen LogP contribution is 2.45. The Morgan fingerprint density at radius 3 is 1.93 bits per heavy atom. The van der Waals surface area contributed by atoms with Crippen molar-refractivity contribution >= 4 is 48.2 Å². The molecule has 2 aromatic heterocycles. The van der Waals surface area contributed by atoms with Crippen LogP contribution in [0.25, 0.3) is 22.3 Å². The number of aromatic nitrogens is 2. The predicted molar refractivity (Wildman–Crippen MR) is 364 cm³/mol. The molecule has 4 aromatic rings. The molecule has 2 radical (unpaired) electrons. The summed E-state index contributed by atoms with van der Waals surface area (Å²) in [5.74, 6) is 0.892. The second kappa shape index (κ2) is 41.7. The van der Waals surface area contributed by atoms with Crippen molar-refractivity contribution in [2.24, 2.45) is 5.73 Å². The molecule has 8 rings (SSSR count). The number of pyridine rings is 2. The topological polar surface area (TPSA) is 266 Å². The van der Waals surface area contributed by atoms with Crippen LogP contribution in [-0.2, 0) is 93.4 Å². The maximum atomic E-state index is 14.0. The largest absolute Gasteiger partial charge is 0.490 e. The summed E-state index contributed by atoms with van der Waals surface area (Å²) in [6, 6.07) is 13.8. The van der Waals surface area contributed by atoms with Gasteiger partial charge < -0.3 is 68.3 Å². The van der Waals surface area contributed by atoms with Crippen molar-refractivity contribution < 1.29 is 71.3 Å². The van der Waals surface area contributed by atoms with Crippen molar-refractivity contribution in [3.05, 3.63) is 123 Å². The lowest BCUT2D eigenvalue weighted by atomic mass is 9.71. The van der Waals surface area contributed by atoms with Crippen LogP contribution in [-0.4, -0.2) is 163 Å². The van der Waals surface area contributed by atoms with Gasteiger partial charge in [0.2, 0.25) is 18.6 Å². The molecule has 4 amide bonds. The van der Waals surface area contributed by atoms with Crippen LogP contribution < -0.4 is 31.4 Å². The SMILES string of the molecule is CC.CC(=O)[C@H](CCCCN)NC(=O)CCOCCOCCOCCCCCOCCOCCCCCOCCNC(=O)CCN1C(=O)C=CC1=O.[B][C@@]1(OC(=C)CCc2ccc(C)cc2)C(=C)OCc2c1cc1n(c2=O)Cc2c-1nc1cc3c(cc1c2CCCC)OCO3. The van der Waals surface area contributed by atoms with E-state index in [1.54, 1.807) is 4.57 Å². The summed E-state index contributed by atoms with van der Waals surface area (Å²) < 4.78 is 58.6. The molecule has 4 aliphatic rings. The number of imide groups is 1. The minimum atomic E-state index is -1.57. The molecule has 4 N–H and O–H groups in total. The van der Waals surface area contributed by atoms with Crippen molar-refractivity contribution in [1.82, 2.24) is 25.1 Å². The Balaban J connectivity index is 0.000000295. The van der Waals surface area contributed by atoms with Crippen LogP contribution in [0.5, 0.6) is 11.5 Å². The van der Waals surface area contributed by atoms with Crippen LogP contribution in [0.4, 0.5) is 0 Å². The van der Waals surface area contributed by atoms with Crippen molar-refractivity contribution in [3.8, 4) is 22.9 Å². The Bertz CT molecular complexity index is 3230. The molecule has 4 aliphatic heterocycles. The number of carbonyl (C=O) groups excluding carboxylic acids is 5. The number of benzene rings is 2. The predicted octanol–water partition coefficient (Wildman–Crippen LogP) is 8.81. The normalized spacial score (nSPS) is 15.1. The number of nitrogens with two attached hydrogens (primary N) is 1. The molecule has 518 valence electrons. The molecule has 0 fully saturated rings. The maximum absolute atomic E-state index is 14.0. The monoisotopic (exact) mass is 1320 g/mol. The van der Waals surface area contributed by atoms with Gasteiger partial charge in [0, 0.05) is 93.5 Å². The molecule has 95 heavy (non-hydrogen) atoms. The van der Waals surface area contributed by atoms with Gasteiger partial charge in [-0.25, -0.2) is 4.98 Å². The fourth-order valence-electron chi connectivity index (χ4n) is 11.0. The zero-order chi connectivity index (χ0) is 68.4. The summed E-state index contributed by atoms with van der Waals surface area (Å²) in [4.78, 5) is 78.6. The first-order valence-corrected chi connectivity index (χ1v) is 33.9. The van der Waals surface area contributed by atoms with Crippen molar-refractivity contribution in [2.75, 3.05) is 106 Å². The van der Waals surface area contributed by atoms with E-state index in [4.69, 9.17) is 65.9 Å². The second-order valence-corrected chi connectivity index (χ2v) is 23.5. The number of nitrogens with one attached hydrogen (secondary N) is 2. The number of hydrogen-bond donors (Lipinski definition) is 3. The summed E-state index contributed by atoms with van der Waals surface area (Å²) in [6.07, 6.45) is 15.0. The lowest BCUT2D eigenvalue weighted by Gasteiger charge is -2.39. The Kier molecular flexibility index (Phi) is 33.7. The number of hydrogen-bond acceptors (Lipinski definition) is 18. The minimum Gasteiger partial charge on any atom is -0.490 e. The Morgan fingerprint density at radius 1 is 0.716 bits per heavy atom. The third-order valence-corrected chi connectivity index (χ3v) is 16.3. The lowest BCUT2D eigenvalue weighted by molar-refractivity contribution is -0.137. The molecule has 23 heteroatoms. The fraction of sp³-hybridized carbons (Fsp3) is 0.569. The van der Waals surface area contributed by atoms with Crippen LogP contribution in [0.3, 0.4) is 0 Å². The highest BCUT2D eigenvalue weighted by atomic mass is 16.7. The number of allylic oxidation sites excluding steroid dienone is 1. The maximum Gasteiger partial charge on any atom is 0.258 e. The van der Waals surface area contributed by atoms with Crippen LogP contribution >= 0.6 is 0 Å². The van der Waals surface area contributed by atoms with Gasteiger partial charge in [-0.15, -0.1) is 0 Å². The zero-order valence-electron chi connectivity index (χ0n) is 56.8. The summed E-state index contributed by atoms with van der Waals surface area (Å²) in [7, 11) is 6.93. The van der Waals surface area contributed by atoms with E-state index >= 15 is 0 Å². The number of rotatable bonds is 44. The average Bonchev–Trinajstić information content (AvgIpc) is 1.63. The molecular formula is C72H101BN6O16. The number of ketones is 1. The second-order valence-electron chi connectivity index (χ2n) is 23.5. The van der Waals surface area contributed by atoms with E-state index in [-0.39, 0.29) is 80.1 Å². The van der Waals surface area contributed by atoms with E-state index in [1.807, 2.05) is 32.0 Å². The molecule has 0 bridgehead atoms. The summed E-state index contributed by atoms with van der Waals surface area (Å²) >= 11 is 0. The summed E-state index contributed by atoms with van der Waals surface area (Å²) in [5, 5.41) is 6.51. The van der Waals surface area contributed by atoms with Crippen LogP contribution in [0.2, 0.25) is 0 Å². The number of unbranched alkanes of at least 4 members (excludes halogenated alkanes) is 6. The van der Waals surface area contributed by atoms with Gasteiger partial charge >= 0.3 is 0 Å². The third kappa shape index (κ3) is 24.1. The van der Waals surface area contributed by atoms with E-state index in [0.717, 1.165) is 110 Å². The smallest absolute Gasteiger partial charge is 0.258 e. The molecular weight excluding hydrogens is 1220 g/mol. The number of nitrogens with zero attached hydrogens (tertiary/aromatic N) is 3. The van der Waals surface area contributed by atoms with Gasteiger partial charge in [0.1, 0.15) is 25.7 Å². The van der Waals surface area contributed by atoms with E-state index < -0.39 is 11.5 Å². The lowest BCUT2D eigenvalue weighted by Crippen LogP contribution is -2.41. The molecule has 22 nitrogen and oxygen atoms in total. The van der Waals surface area contributed by atoms with Crippen LogP contribution in [0.15, 0.2) is 84.1 Å². The Hall–Kier alpha value is -7.25. The number of ether oxygens (including phenoxy) is 10. The molecule has 2 atom stereocenters. The molecule has 0 saturated carbocycles. The number of Topliss-reactive ketones (excluding diaryl/α,β-unsaturated/α-hetero) is 1. The summed E-state index contributed by atoms with van der Waals surface area (Å²) in [6.45, 7) is 26.0. The first-order valence-electron chi connectivity index (χ1n) is 33.9. The van der Waals surface area contributed by atoms with Crippen molar-refractivity contribution in [2.45, 2.75) is 162 Å². The minimum absolute atomic E-state index is 0.0474. The van der Waals surface area contributed by atoms with Gasteiger partial charge in [-0.1, -0.05) is 70.2 Å². The molecule has 6 heterocycles. The van der Waals surface area contributed by atoms with Gasteiger partial charge in [0.15, 0.2) is 17.3 Å². The quantitative estimate of drug-likeness (QED) is 0.0142. The van der Waals surface area contributed by atoms with Crippen LogP contribution in [0.1, 0.15) is 151 Å². The van der Waals surface area contributed by atoms with Gasteiger partial charge in [-0.3, -0.25) is 33.7 Å². The number of amides is 4. The fourth-order valence-corrected chi connectivity index (χ4v) is 11.0. The van der Waals surface area contributed by atoms with Gasteiger partial charge in [-0.2, -0.15) is 0 Å². The molecule has 0 spiro atoms. The highest BCUT2D eigenvalue weighted by molar-refractivity contribution is 6.17. The Labute approximate surface area is 561 Å². The zero-order valence-corrected chi connectivity index (χ0v) is 56.8. The van der Waals surface area contributed by atoms with Crippen molar-refractivity contribution in [1.29, 1.82) is 0 Å². The van der Waals surface area contributed by atoms with E-state index in [0.29, 0.717) is 133 Å². The highest BCUT2D eigenvalue weighted by Gasteiger charge is 2.43. The molecule has 0 aliphatic carbocycles. The first-order chi connectivity index (χ1) is 46.1. The number of aryl methyl sites for hydroxylation is 3. The van der Waals surface area contributed by atoms with Gasteiger partial charge in [0.25, 0.3) is 17.4 Å². The van der Waals surface area contributed by atoms with E-state index in [1.165, 1.54) is 35.8 Å². The van der Waals surface area contributed by atoms with E-state index in [9.17, 15) is 28.8 Å². The van der Waals surface area contributed by atoms with Crippen molar-refractivity contribution in [3.63, 3.8) is 0 Å². The number of carbonyl (C=O) groups is 5. The van der Waals surface area contributed by atoms with E-state index in [2.05, 4.69) is 61.9 Å². The summed E-state index contributed by atoms with van der Waals surface area (Å²) in [5.41, 5.74) is 11.6. The third-order valence-electron chi connectivity index (χ3n) is 16.3. The standard InChI is InChI=1S/C35H33BN2O5.C35H62N4O11.C2H6/c1-5-6-7-24-25-14-31-32(42-19-41-31)16-29(25)37-33-26(24)17-38-30(33)15-28-27(34(38)39)18-40-22(4)35(28,36)43-21(3)10-13-23-11-8-20(2)9-12-23;1-30(40)31(10-4-5-15-36)38-33(42)14-22-49-27-29-50-28-26-48-21-9-3-8-20-47-25-24-46-19-7-2-6-18-45-23-16-37-32(41)13-17-39-34(43)11-12-35(39)44;1-2/h8-9,11-12,14-16H,3-7,10,13,17-19H2,1-2H3;11-12,31H,2-10,13-29,36H2,1H3,(H,37,41)(H,38,42);1-2H3/t35-;31-;/m10./s1. The van der Waals surface area contributed by atoms with Gasteiger partial charge in [0.05, 0.1) is 93.7 Å². The average molecular weight is 1320 g/mol. The molecule has 0 unspecified atom stereocenters. The van der Waals surface area contributed by atoms with Crippen LogP contribution in [0, 0.1) is 6.92 Å². The Morgan fingerprint density at radius 2 is 1.32 bits per heavy atom. The molecule has 0 saturated heterocycles. The van der Waals surface area contributed by atoms with Gasteiger partial charge in [-0.05, 0) is 121 Å².